The molecule has 1 saturated heterocycles. The van der Waals surface area contributed by atoms with Gasteiger partial charge < -0.3 is 14.7 Å². The fourth-order valence-electron chi connectivity index (χ4n) is 3.75. The quantitative estimate of drug-likeness (QED) is 0.309. The van der Waals surface area contributed by atoms with Crippen LogP contribution in [0.25, 0.3) is 5.76 Å². The number of benzene rings is 2. The molecule has 3 rings (SSSR count). The molecule has 158 valence electrons. The molecule has 1 fully saturated rings. The summed E-state index contributed by atoms with van der Waals surface area (Å²) >= 11 is 0. The molecule has 2 aromatic rings. The molecular weight excluding hydrogens is 385 g/mol. The summed E-state index contributed by atoms with van der Waals surface area (Å²) in [5.41, 5.74) is 1.32. The zero-order valence-corrected chi connectivity index (χ0v) is 17.4. The molecule has 5 nitrogen and oxygen atoms in total. The lowest BCUT2D eigenvalue weighted by Crippen LogP contribution is -2.30. The Morgan fingerprint density at radius 2 is 1.93 bits per heavy atom. The van der Waals surface area contributed by atoms with Crippen LogP contribution < -0.4 is 4.74 Å². The lowest BCUT2D eigenvalue weighted by atomic mass is 9.94. The van der Waals surface area contributed by atoms with Crippen molar-refractivity contribution >= 4 is 17.4 Å². The fourth-order valence-corrected chi connectivity index (χ4v) is 3.75. The Bertz CT molecular complexity index is 998. The first-order valence-corrected chi connectivity index (χ1v) is 10.1. The van der Waals surface area contributed by atoms with Crippen LogP contribution in [-0.4, -0.2) is 35.4 Å². The topological polar surface area (TPSA) is 66.8 Å². The van der Waals surface area contributed by atoms with Gasteiger partial charge in [0.15, 0.2) is 0 Å². The average molecular weight is 411 g/mol. The molecule has 2 aromatic carbocycles. The van der Waals surface area contributed by atoms with Gasteiger partial charge in [-0.25, -0.2) is 4.39 Å². The minimum absolute atomic E-state index is 0.00996. The second-order valence-electron chi connectivity index (χ2n) is 7.44. The molecule has 1 aliphatic rings. The molecule has 0 aromatic heterocycles. The molecule has 1 aliphatic heterocycles. The van der Waals surface area contributed by atoms with Crippen molar-refractivity contribution in [3.63, 3.8) is 0 Å². The van der Waals surface area contributed by atoms with E-state index in [-0.39, 0.29) is 11.3 Å². The van der Waals surface area contributed by atoms with Crippen molar-refractivity contribution in [2.45, 2.75) is 39.2 Å². The van der Waals surface area contributed by atoms with Crippen molar-refractivity contribution in [3.05, 3.63) is 70.5 Å². The number of Topliss-reactive ketones (excluding diaryl/α,β-unsaturated/α-hetero) is 1. The van der Waals surface area contributed by atoms with E-state index >= 15 is 0 Å². The van der Waals surface area contributed by atoms with Gasteiger partial charge in [0.25, 0.3) is 11.7 Å². The molecule has 0 saturated carbocycles. The highest BCUT2D eigenvalue weighted by atomic mass is 19.1. The number of likely N-dealkylation sites (tertiary alicyclic amines) is 1. The van der Waals surface area contributed by atoms with Crippen molar-refractivity contribution in [1.82, 2.24) is 4.90 Å². The van der Waals surface area contributed by atoms with Gasteiger partial charge in [-0.3, -0.25) is 9.59 Å². The van der Waals surface area contributed by atoms with E-state index in [0.29, 0.717) is 29.0 Å². The Balaban J connectivity index is 2.15. The molecule has 6 heteroatoms. The Kier molecular flexibility index (Phi) is 6.55. The number of carbonyl (C=O) groups is 2. The number of methoxy groups -OCH3 is 1. The monoisotopic (exact) mass is 411 g/mol. The first-order chi connectivity index (χ1) is 14.4. The number of nitrogens with zero attached hydrogens (tertiary/aromatic N) is 1. The number of aliphatic hydroxyl groups is 1. The summed E-state index contributed by atoms with van der Waals surface area (Å²) in [6.45, 7) is 4.04. The van der Waals surface area contributed by atoms with E-state index in [1.165, 1.54) is 23.1 Å². The summed E-state index contributed by atoms with van der Waals surface area (Å²) in [4.78, 5) is 27.3. The Morgan fingerprint density at radius 3 is 2.60 bits per heavy atom. The first kappa shape index (κ1) is 21.6. The SMILES string of the molecule is CCCCCN1C(=O)C(=O)/C(=C(\O)c2ccc(F)c(C)c2)C1c1cccc(OC)c1. The van der Waals surface area contributed by atoms with Gasteiger partial charge in [0.2, 0.25) is 0 Å². The number of rotatable bonds is 7. The van der Waals surface area contributed by atoms with Crippen LogP contribution in [0.15, 0.2) is 48.0 Å². The summed E-state index contributed by atoms with van der Waals surface area (Å²) in [6.07, 6.45) is 2.65. The van der Waals surface area contributed by atoms with Crippen LogP contribution in [0.1, 0.15) is 48.9 Å². The molecule has 1 N–H and O–H groups in total. The predicted molar refractivity (Wildman–Crippen MR) is 113 cm³/mol. The summed E-state index contributed by atoms with van der Waals surface area (Å²) in [7, 11) is 1.54. The van der Waals surface area contributed by atoms with Gasteiger partial charge >= 0.3 is 0 Å². The average Bonchev–Trinajstić information content (AvgIpc) is 3.00. The van der Waals surface area contributed by atoms with Crippen LogP contribution in [0.3, 0.4) is 0 Å². The summed E-state index contributed by atoms with van der Waals surface area (Å²) < 4.78 is 19.0. The summed E-state index contributed by atoms with van der Waals surface area (Å²) in [6, 6.07) is 10.5. The predicted octanol–water partition coefficient (Wildman–Crippen LogP) is 4.75. The van der Waals surface area contributed by atoms with E-state index in [0.717, 1.165) is 19.3 Å². The number of amides is 1. The number of hydrogen-bond acceptors (Lipinski definition) is 4. The van der Waals surface area contributed by atoms with Gasteiger partial charge in [0, 0.05) is 12.1 Å². The van der Waals surface area contributed by atoms with Gasteiger partial charge in [-0.2, -0.15) is 0 Å². The Hall–Kier alpha value is -3.15. The van der Waals surface area contributed by atoms with Crippen molar-refractivity contribution in [2.75, 3.05) is 13.7 Å². The van der Waals surface area contributed by atoms with Crippen LogP contribution in [0.5, 0.6) is 5.75 Å². The van der Waals surface area contributed by atoms with Gasteiger partial charge in [0.1, 0.15) is 17.3 Å². The lowest BCUT2D eigenvalue weighted by Gasteiger charge is -2.25. The van der Waals surface area contributed by atoms with E-state index in [4.69, 9.17) is 4.74 Å². The number of carbonyl (C=O) groups excluding carboxylic acids is 2. The molecule has 1 unspecified atom stereocenters. The molecule has 0 radical (unpaired) electrons. The van der Waals surface area contributed by atoms with E-state index in [9.17, 15) is 19.1 Å². The number of ketones is 1. The first-order valence-electron chi connectivity index (χ1n) is 10.1. The third-order valence-corrected chi connectivity index (χ3v) is 5.38. The second-order valence-corrected chi connectivity index (χ2v) is 7.44. The summed E-state index contributed by atoms with van der Waals surface area (Å²) in [5.74, 6) is -1.50. The number of aryl methyl sites for hydroxylation is 1. The molecular formula is C24H26FNO4. The summed E-state index contributed by atoms with van der Waals surface area (Å²) in [5, 5.41) is 11.0. The molecule has 1 heterocycles. The third-order valence-electron chi connectivity index (χ3n) is 5.38. The molecule has 1 amide bonds. The van der Waals surface area contributed by atoms with Gasteiger partial charge in [0.05, 0.1) is 18.7 Å². The van der Waals surface area contributed by atoms with Crippen LogP contribution in [-0.2, 0) is 9.59 Å². The minimum Gasteiger partial charge on any atom is -0.507 e. The normalized spacial score (nSPS) is 18.1. The largest absolute Gasteiger partial charge is 0.507 e. The van der Waals surface area contributed by atoms with Crippen LogP contribution in [0, 0.1) is 12.7 Å². The standard InChI is InChI=1S/C24H26FNO4/c1-4-5-6-12-26-21(16-8-7-9-18(14-16)30-3)20(23(28)24(26)29)22(27)17-10-11-19(25)15(2)13-17/h7-11,13-14,21,27H,4-6,12H2,1-3H3/b22-20-. The highest BCUT2D eigenvalue weighted by Crippen LogP contribution is 2.40. The number of halogens is 1. The fraction of sp³-hybridized carbons (Fsp3) is 0.333. The number of ether oxygens (including phenoxy) is 1. The van der Waals surface area contributed by atoms with E-state index in [2.05, 4.69) is 6.92 Å². The van der Waals surface area contributed by atoms with Crippen molar-refractivity contribution in [2.24, 2.45) is 0 Å². The Morgan fingerprint density at radius 1 is 1.17 bits per heavy atom. The minimum atomic E-state index is -0.737. The van der Waals surface area contributed by atoms with Crippen molar-refractivity contribution < 1.29 is 23.8 Å². The third kappa shape index (κ3) is 4.08. The van der Waals surface area contributed by atoms with Crippen LogP contribution in [0.4, 0.5) is 4.39 Å². The molecule has 0 bridgehead atoms. The van der Waals surface area contributed by atoms with E-state index < -0.39 is 23.5 Å². The second kappa shape index (κ2) is 9.11. The smallest absolute Gasteiger partial charge is 0.295 e. The van der Waals surface area contributed by atoms with Crippen molar-refractivity contribution in [3.8, 4) is 5.75 Å². The lowest BCUT2D eigenvalue weighted by molar-refractivity contribution is -0.139. The van der Waals surface area contributed by atoms with E-state index in [1.807, 2.05) is 0 Å². The maximum absolute atomic E-state index is 13.7. The molecule has 0 aliphatic carbocycles. The van der Waals surface area contributed by atoms with E-state index in [1.54, 1.807) is 38.3 Å². The molecule has 1 atom stereocenters. The highest BCUT2D eigenvalue weighted by molar-refractivity contribution is 6.46. The number of hydrogen-bond donors (Lipinski definition) is 1. The zero-order chi connectivity index (χ0) is 21.8. The van der Waals surface area contributed by atoms with Crippen LogP contribution in [0.2, 0.25) is 0 Å². The number of unbranched alkanes of at least 4 members (excludes halogenated alkanes) is 2. The maximum Gasteiger partial charge on any atom is 0.295 e. The van der Waals surface area contributed by atoms with Gasteiger partial charge in [-0.15, -0.1) is 0 Å². The van der Waals surface area contributed by atoms with Crippen molar-refractivity contribution in [1.29, 1.82) is 0 Å². The van der Waals surface area contributed by atoms with Gasteiger partial charge in [-0.05, 0) is 54.8 Å². The maximum atomic E-state index is 13.7. The molecule has 0 spiro atoms. The highest BCUT2D eigenvalue weighted by Gasteiger charge is 2.45. The van der Waals surface area contributed by atoms with Gasteiger partial charge in [-0.1, -0.05) is 31.9 Å². The Labute approximate surface area is 175 Å². The van der Waals surface area contributed by atoms with Crippen LogP contribution >= 0.6 is 0 Å². The number of aliphatic hydroxyl groups excluding tert-OH is 1. The molecule has 30 heavy (non-hydrogen) atoms. The zero-order valence-electron chi connectivity index (χ0n) is 17.4.